The van der Waals surface area contributed by atoms with Gasteiger partial charge in [0, 0.05) is 24.2 Å². The lowest BCUT2D eigenvalue weighted by Crippen LogP contribution is -2.46. The van der Waals surface area contributed by atoms with E-state index in [0.29, 0.717) is 18.7 Å². The maximum Gasteiger partial charge on any atom is 0.127 e. The van der Waals surface area contributed by atoms with E-state index in [1.54, 1.807) is 12.1 Å². The number of phenols is 1. The van der Waals surface area contributed by atoms with E-state index in [1.165, 1.54) is 18.4 Å². The molecule has 2 heterocycles. The summed E-state index contributed by atoms with van der Waals surface area (Å²) in [4.78, 5) is 4.84. The number of likely N-dealkylation sites (tertiary alicyclic amines) is 1. The molecule has 2 aliphatic rings. The molecule has 1 N–H and O–H groups in total. The molecule has 0 radical (unpaired) electrons. The van der Waals surface area contributed by atoms with Crippen molar-refractivity contribution in [2.45, 2.75) is 24.9 Å². The molecule has 104 valence electrons. The van der Waals surface area contributed by atoms with Crippen LogP contribution in [0, 0.1) is 0 Å². The number of aromatic hydroxyl groups is 1. The van der Waals surface area contributed by atoms with Crippen LogP contribution in [0.15, 0.2) is 18.2 Å². The van der Waals surface area contributed by atoms with Gasteiger partial charge >= 0.3 is 0 Å². The van der Waals surface area contributed by atoms with Gasteiger partial charge in [0.15, 0.2) is 0 Å². The van der Waals surface area contributed by atoms with Crippen LogP contribution in [0.5, 0.6) is 11.5 Å². The van der Waals surface area contributed by atoms with Crippen LogP contribution < -0.4 is 4.74 Å². The van der Waals surface area contributed by atoms with Gasteiger partial charge < -0.3 is 14.7 Å². The highest BCUT2D eigenvalue weighted by atomic mass is 16.5. The van der Waals surface area contributed by atoms with Crippen LogP contribution in [0.1, 0.15) is 24.4 Å². The standard InChI is InChI=1S/C15H22N2O2/c1-16(2)11-4-3-7-17(9-11)14-10-19-15-8-12(18)5-6-13(14)15/h5-6,8,11,14,18H,3-4,7,9-10H2,1-2H3. The summed E-state index contributed by atoms with van der Waals surface area (Å²) < 4.78 is 5.73. The molecule has 2 atom stereocenters. The van der Waals surface area contributed by atoms with Crippen molar-refractivity contribution in [3.05, 3.63) is 23.8 Å². The Kier molecular flexibility index (Phi) is 3.37. The summed E-state index contributed by atoms with van der Waals surface area (Å²) in [5, 5.41) is 9.51. The van der Waals surface area contributed by atoms with E-state index in [4.69, 9.17) is 4.74 Å². The van der Waals surface area contributed by atoms with Crippen molar-refractivity contribution in [2.24, 2.45) is 0 Å². The molecule has 4 nitrogen and oxygen atoms in total. The number of piperidine rings is 1. The molecule has 0 aliphatic carbocycles. The lowest BCUT2D eigenvalue weighted by atomic mass is 10.00. The van der Waals surface area contributed by atoms with E-state index in [2.05, 4.69) is 23.9 Å². The minimum absolute atomic E-state index is 0.282. The highest BCUT2D eigenvalue weighted by Gasteiger charge is 2.33. The van der Waals surface area contributed by atoms with Crippen molar-refractivity contribution in [1.82, 2.24) is 9.80 Å². The van der Waals surface area contributed by atoms with E-state index < -0.39 is 0 Å². The Morgan fingerprint density at radius 1 is 1.37 bits per heavy atom. The topological polar surface area (TPSA) is 35.9 Å². The molecular weight excluding hydrogens is 240 g/mol. The zero-order valence-electron chi connectivity index (χ0n) is 11.7. The largest absolute Gasteiger partial charge is 0.508 e. The van der Waals surface area contributed by atoms with Gasteiger partial charge in [0.05, 0.1) is 6.04 Å². The van der Waals surface area contributed by atoms with Crippen LogP contribution in [0.3, 0.4) is 0 Å². The minimum atomic E-state index is 0.282. The number of likely N-dealkylation sites (N-methyl/N-ethyl adjacent to an activating group) is 1. The summed E-state index contributed by atoms with van der Waals surface area (Å²) in [5.41, 5.74) is 1.22. The SMILES string of the molecule is CN(C)C1CCCN(C2COc3cc(O)ccc32)C1. The Bertz CT molecular complexity index is 461. The first-order valence-corrected chi connectivity index (χ1v) is 7.01. The van der Waals surface area contributed by atoms with E-state index in [-0.39, 0.29) is 5.75 Å². The van der Waals surface area contributed by atoms with Crippen LogP contribution in [-0.2, 0) is 0 Å². The van der Waals surface area contributed by atoms with Gasteiger partial charge in [-0.3, -0.25) is 4.90 Å². The number of phenolic OH excluding ortho intramolecular Hbond substituents is 1. The fourth-order valence-electron chi connectivity index (χ4n) is 3.17. The summed E-state index contributed by atoms with van der Waals surface area (Å²) in [5.74, 6) is 1.13. The van der Waals surface area contributed by atoms with Gasteiger partial charge in [0.2, 0.25) is 0 Å². The summed E-state index contributed by atoms with van der Waals surface area (Å²) in [6, 6.07) is 6.46. The quantitative estimate of drug-likeness (QED) is 0.882. The number of fused-ring (bicyclic) bond motifs is 1. The van der Waals surface area contributed by atoms with Crippen molar-refractivity contribution >= 4 is 0 Å². The molecule has 1 fully saturated rings. The van der Waals surface area contributed by atoms with E-state index in [9.17, 15) is 5.11 Å². The molecule has 0 bridgehead atoms. The Hall–Kier alpha value is -1.26. The maximum absolute atomic E-state index is 9.51. The van der Waals surface area contributed by atoms with Crippen LogP contribution in [-0.4, -0.2) is 54.7 Å². The van der Waals surface area contributed by atoms with Gasteiger partial charge in [0.25, 0.3) is 0 Å². The first kappa shape index (κ1) is 12.8. The number of rotatable bonds is 2. The molecule has 1 saturated heterocycles. The number of nitrogens with zero attached hydrogens (tertiary/aromatic N) is 2. The lowest BCUT2D eigenvalue weighted by Gasteiger charge is -2.38. The third-order valence-corrected chi connectivity index (χ3v) is 4.35. The molecule has 1 aromatic rings. The van der Waals surface area contributed by atoms with Crippen molar-refractivity contribution in [3.63, 3.8) is 0 Å². The Balaban J connectivity index is 1.78. The number of ether oxygens (including phenoxy) is 1. The second kappa shape index (κ2) is 5.02. The molecule has 1 aromatic carbocycles. The Morgan fingerprint density at radius 2 is 2.21 bits per heavy atom. The van der Waals surface area contributed by atoms with Crippen molar-refractivity contribution in [3.8, 4) is 11.5 Å². The molecule has 2 unspecified atom stereocenters. The molecule has 4 heteroatoms. The van der Waals surface area contributed by atoms with Gasteiger partial charge in [-0.15, -0.1) is 0 Å². The molecule has 0 aromatic heterocycles. The van der Waals surface area contributed by atoms with Crippen molar-refractivity contribution in [1.29, 1.82) is 0 Å². The van der Waals surface area contributed by atoms with Crippen LogP contribution in [0.2, 0.25) is 0 Å². The molecule has 2 aliphatic heterocycles. The van der Waals surface area contributed by atoms with E-state index >= 15 is 0 Å². The fourth-order valence-corrected chi connectivity index (χ4v) is 3.17. The van der Waals surface area contributed by atoms with E-state index in [1.807, 2.05) is 6.07 Å². The third-order valence-electron chi connectivity index (χ3n) is 4.35. The highest BCUT2D eigenvalue weighted by Crippen LogP contribution is 2.39. The summed E-state index contributed by atoms with van der Waals surface area (Å²) in [6.45, 7) is 2.94. The zero-order chi connectivity index (χ0) is 13.4. The predicted molar refractivity (Wildman–Crippen MR) is 74.6 cm³/mol. The highest BCUT2D eigenvalue weighted by molar-refractivity contribution is 5.44. The van der Waals surface area contributed by atoms with Gasteiger partial charge in [-0.05, 0) is 45.6 Å². The maximum atomic E-state index is 9.51. The number of hydrogen-bond donors (Lipinski definition) is 1. The zero-order valence-corrected chi connectivity index (χ0v) is 11.7. The van der Waals surface area contributed by atoms with Gasteiger partial charge in [-0.2, -0.15) is 0 Å². The van der Waals surface area contributed by atoms with E-state index in [0.717, 1.165) is 18.8 Å². The molecule has 0 spiro atoms. The number of benzene rings is 1. The average Bonchev–Trinajstić information content (AvgIpc) is 2.81. The molecule has 0 amide bonds. The van der Waals surface area contributed by atoms with Crippen molar-refractivity contribution < 1.29 is 9.84 Å². The summed E-state index contributed by atoms with van der Waals surface area (Å²) >= 11 is 0. The van der Waals surface area contributed by atoms with Gasteiger partial charge in [0.1, 0.15) is 18.1 Å². The van der Waals surface area contributed by atoms with Crippen LogP contribution in [0.4, 0.5) is 0 Å². The molecular formula is C15H22N2O2. The van der Waals surface area contributed by atoms with Crippen molar-refractivity contribution in [2.75, 3.05) is 33.8 Å². The first-order chi connectivity index (χ1) is 9.15. The Labute approximate surface area is 114 Å². The Morgan fingerprint density at radius 3 is 3.00 bits per heavy atom. The molecule has 0 saturated carbocycles. The van der Waals surface area contributed by atoms with Crippen LogP contribution in [0.25, 0.3) is 0 Å². The third kappa shape index (κ3) is 2.42. The monoisotopic (exact) mass is 262 g/mol. The smallest absolute Gasteiger partial charge is 0.127 e. The molecule has 3 rings (SSSR count). The minimum Gasteiger partial charge on any atom is -0.508 e. The lowest BCUT2D eigenvalue weighted by molar-refractivity contribution is 0.0845. The second-order valence-corrected chi connectivity index (χ2v) is 5.80. The average molecular weight is 262 g/mol. The molecule has 19 heavy (non-hydrogen) atoms. The number of hydrogen-bond acceptors (Lipinski definition) is 4. The van der Waals surface area contributed by atoms with Gasteiger partial charge in [-0.25, -0.2) is 0 Å². The predicted octanol–water partition coefficient (Wildman–Crippen LogP) is 1.85. The summed E-state index contributed by atoms with van der Waals surface area (Å²) in [7, 11) is 4.32. The normalized spacial score (nSPS) is 27.3. The fraction of sp³-hybridized carbons (Fsp3) is 0.600. The van der Waals surface area contributed by atoms with Gasteiger partial charge in [-0.1, -0.05) is 0 Å². The first-order valence-electron chi connectivity index (χ1n) is 7.01. The summed E-state index contributed by atoms with van der Waals surface area (Å²) in [6.07, 6.45) is 2.52. The second-order valence-electron chi connectivity index (χ2n) is 5.80. The van der Waals surface area contributed by atoms with Crippen LogP contribution >= 0.6 is 0 Å².